The van der Waals surface area contributed by atoms with E-state index in [1.807, 2.05) is 26.0 Å². The van der Waals surface area contributed by atoms with Gasteiger partial charge in [0.1, 0.15) is 6.54 Å². The number of amides is 2. The lowest BCUT2D eigenvalue weighted by Crippen LogP contribution is -2.37. The standard InChI is InChI=1S/C18H18Cl2N2O2/c1-11-5-7-15(9-16(11)20)21-18(24)10-22(13(3)23)17-8-14(19)6-4-12(17)2/h4-9H,10H2,1-3H3,(H,21,24). The van der Waals surface area contributed by atoms with Gasteiger partial charge >= 0.3 is 0 Å². The lowest BCUT2D eigenvalue weighted by Gasteiger charge is -2.23. The SMILES string of the molecule is CC(=O)N(CC(=O)Nc1ccc(C)c(Cl)c1)c1cc(Cl)ccc1C. The Morgan fingerprint density at radius 3 is 2.33 bits per heavy atom. The Hall–Kier alpha value is -2.04. The van der Waals surface area contributed by atoms with Crippen LogP contribution in [0.15, 0.2) is 36.4 Å². The van der Waals surface area contributed by atoms with Crippen LogP contribution in [0.25, 0.3) is 0 Å². The van der Waals surface area contributed by atoms with E-state index >= 15 is 0 Å². The van der Waals surface area contributed by atoms with Crippen molar-refractivity contribution in [2.45, 2.75) is 20.8 Å². The van der Waals surface area contributed by atoms with Gasteiger partial charge in [0.05, 0.1) is 0 Å². The van der Waals surface area contributed by atoms with Crippen LogP contribution in [0.1, 0.15) is 18.1 Å². The Morgan fingerprint density at radius 2 is 1.71 bits per heavy atom. The molecule has 4 nitrogen and oxygen atoms in total. The van der Waals surface area contributed by atoms with E-state index in [-0.39, 0.29) is 18.4 Å². The monoisotopic (exact) mass is 364 g/mol. The first-order valence-corrected chi connectivity index (χ1v) is 8.14. The average molecular weight is 365 g/mol. The highest BCUT2D eigenvalue weighted by Crippen LogP contribution is 2.25. The summed E-state index contributed by atoms with van der Waals surface area (Å²) in [5.41, 5.74) is 2.99. The van der Waals surface area contributed by atoms with E-state index in [2.05, 4.69) is 5.32 Å². The van der Waals surface area contributed by atoms with E-state index in [0.717, 1.165) is 11.1 Å². The van der Waals surface area contributed by atoms with Crippen LogP contribution in [-0.2, 0) is 9.59 Å². The Morgan fingerprint density at radius 1 is 1.04 bits per heavy atom. The highest BCUT2D eigenvalue weighted by molar-refractivity contribution is 6.31. The number of halogens is 2. The van der Waals surface area contributed by atoms with Crippen LogP contribution in [0.4, 0.5) is 11.4 Å². The molecule has 0 saturated heterocycles. The minimum atomic E-state index is -0.315. The van der Waals surface area contributed by atoms with Gasteiger partial charge in [-0.25, -0.2) is 0 Å². The number of carbonyl (C=O) groups is 2. The molecule has 0 unspecified atom stereocenters. The molecule has 2 rings (SSSR count). The minimum absolute atomic E-state index is 0.109. The second-order valence-corrected chi connectivity index (χ2v) is 6.39. The largest absolute Gasteiger partial charge is 0.324 e. The lowest BCUT2D eigenvalue weighted by molar-refractivity contribution is -0.120. The summed E-state index contributed by atoms with van der Waals surface area (Å²) in [7, 11) is 0. The fourth-order valence-corrected chi connectivity index (χ4v) is 2.60. The molecule has 0 heterocycles. The molecule has 0 saturated carbocycles. The predicted octanol–water partition coefficient (Wildman–Crippen LogP) is 4.60. The van der Waals surface area contributed by atoms with Crippen LogP contribution < -0.4 is 10.2 Å². The zero-order chi connectivity index (χ0) is 17.9. The van der Waals surface area contributed by atoms with Gasteiger partial charge in [0.25, 0.3) is 0 Å². The number of rotatable bonds is 4. The number of hydrogen-bond donors (Lipinski definition) is 1. The van der Waals surface area contributed by atoms with Crippen LogP contribution in [0.3, 0.4) is 0 Å². The maximum atomic E-state index is 12.3. The number of nitrogens with zero attached hydrogens (tertiary/aromatic N) is 1. The fourth-order valence-electron chi connectivity index (χ4n) is 2.25. The molecule has 0 spiro atoms. The van der Waals surface area contributed by atoms with E-state index in [0.29, 0.717) is 21.4 Å². The quantitative estimate of drug-likeness (QED) is 0.861. The van der Waals surface area contributed by atoms with Crippen LogP contribution in [0.5, 0.6) is 0 Å². The maximum Gasteiger partial charge on any atom is 0.244 e. The van der Waals surface area contributed by atoms with Crippen LogP contribution in [-0.4, -0.2) is 18.4 Å². The summed E-state index contributed by atoms with van der Waals surface area (Å²) in [5, 5.41) is 3.83. The van der Waals surface area contributed by atoms with Crippen LogP contribution in [0.2, 0.25) is 10.0 Å². The number of aryl methyl sites for hydroxylation is 2. The van der Waals surface area contributed by atoms with Gasteiger partial charge in [0, 0.05) is 28.3 Å². The first-order valence-electron chi connectivity index (χ1n) is 7.38. The maximum absolute atomic E-state index is 12.3. The third kappa shape index (κ3) is 4.49. The van der Waals surface area contributed by atoms with Crippen molar-refractivity contribution in [3.63, 3.8) is 0 Å². The second kappa shape index (κ2) is 7.69. The molecule has 0 radical (unpaired) electrons. The number of hydrogen-bond acceptors (Lipinski definition) is 2. The molecule has 0 fully saturated rings. The Labute approximate surface area is 151 Å². The lowest BCUT2D eigenvalue weighted by atomic mass is 10.1. The molecule has 0 aliphatic heterocycles. The third-order valence-electron chi connectivity index (χ3n) is 3.60. The first-order chi connectivity index (χ1) is 11.3. The minimum Gasteiger partial charge on any atom is -0.324 e. The zero-order valence-corrected chi connectivity index (χ0v) is 15.2. The van der Waals surface area contributed by atoms with Crippen molar-refractivity contribution >= 4 is 46.4 Å². The molecule has 24 heavy (non-hydrogen) atoms. The molecule has 126 valence electrons. The molecular weight excluding hydrogens is 347 g/mol. The average Bonchev–Trinajstić information content (AvgIpc) is 2.51. The van der Waals surface area contributed by atoms with E-state index in [4.69, 9.17) is 23.2 Å². The van der Waals surface area contributed by atoms with E-state index < -0.39 is 0 Å². The Balaban J connectivity index is 2.18. The molecule has 6 heteroatoms. The fraction of sp³-hybridized carbons (Fsp3) is 0.222. The van der Waals surface area contributed by atoms with Crippen molar-refractivity contribution < 1.29 is 9.59 Å². The molecular formula is C18H18Cl2N2O2. The van der Waals surface area contributed by atoms with Crippen molar-refractivity contribution in [2.75, 3.05) is 16.8 Å². The summed E-state index contributed by atoms with van der Waals surface area (Å²) in [5.74, 6) is -0.554. The summed E-state index contributed by atoms with van der Waals surface area (Å²) in [6.07, 6.45) is 0. The van der Waals surface area contributed by atoms with Gasteiger partial charge in [0.15, 0.2) is 0 Å². The summed E-state index contributed by atoms with van der Waals surface area (Å²) >= 11 is 12.1. The summed E-state index contributed by atoms with van der Waals surface area (Å²) in [4.78, 5) is 25.7. The molecule has 2 aromatic carbocycles. The van der Waals surface area contributed by atoms with E-state index in [1.165, 1.54) is 11.8 Å². The van der Waals surface area contributed by atoms with Crippen molar-refractivity contribution in [2.24, 2.45) is 0 Å². The normalized spacial score (nSPS) is 10.4. The number of nitrogens with one attached hydrogen (secondary N) is 1. The summed E-state index contributed by atoms with van der Waals surface area (Å²) in [6, 6.07) is 10.5. The Kier molecular flexibility index (Phi) is 5.86. The molecule has 0 aliphatic carbocycles. The summed E-state index contributed by atoms with van der Waals surface area (Å²) < 4.78 is 0. The first kappa shape index (κ1) is 18.3. The molecule has 0 aliphatic rings. The van der Waals surface area contributed by atoms with E-state index in [9.17, 15) is 9.59 Å². The number of anilines is 2. The van der Waals surface area contributed by atoms with Crippen LogP contribution >= 0.6 is 23.2 Å². The highest BCUT2D eigenvalue weighted by atomic mass is 35.5. The molecule has 2 aromatic rings. The van der Waals surface area contributed by atoms with Gasteiger partial charge in [-0.2, -0.15) is 0 Å². The zero-order valence-electron chi connectivity index (χ0n) is 13.7. The third-order valence-corrected chi connectivity index (χ3v) is 4.24. The van der Waals surface area contributed by atoms with Gasteiger partial charge in [-0.15, -0.1) is 0 Å². The second-order valence-electron chi connectivity index (χ2n) is 5.55. The molecule has 0 atom stereocenters. The molecule has 1 N–H and O–H groups in total. The molecule has 0 aromatic heterocycles. The smallest absolute Gasteiger partial charge is 0.244 e. The van der Waals surface area contributed by atoms with Crippen LogP contribution in [0, 0.1) is 13.8 Å². The topological polar surface area (TPSA) is 49.4 Å². The van der Waals surface area contributed by atoms with Crippen molar-refractivity contribution in [3.8, 4) is 0 Å². The van der Waals surface area contributed by atoms with Gasteiger partial charge < -0.3 is 10.2 Å². The van der Waals surface area contributed by atoms with Gasteiger partial charge in [-0.1, -0.05) is 35.3 Å². The Bertz CT molecular complexity index is 791. The van der Waals surface area contributed by atoms with Gasteiger partial charge in [0.2, 0.25) is 11.8 Å². The number of carbonyl (C=O) groups excluding carboxylic acids is 2. The number of benzene rings is 2. The predicted molar refractivity (Wildman–Crippen MR) is 99.0 cm³/mol. The molecule has 0 bridgehead atoms. The highest BCUT2D eigenvalue weighted by Gasteiger charge is 2.18. The van der Waals surface area contributed by atoms with E-state index in [1.54, 1.807) is 24.3 Å². The van der Waals surface area contributed by atoms with Crippen molar-refractivity contribution in [1.29, 1.82) is 0 Å². The van der Waals surface area contributed by atoms with Crippen molar-refractivity contribution in [3.05, 3.63) is 57.6 Å². The summed E-state index contributed by atoms with van der Waals surface area (Å²) in [6.45, 7) is 5.05. The van der Waals surface area contributed by atoms with Gasteiger partial charge in [-0.05, 0) is 49.2 Å². The van der Waals surface area contributed by atoms with Crippen molar-refractivity contribution in [1.82, 2.24) is 0 Å². The molecule has 2 amide bonds. The van der Waals surface area contributed by atoms with Gasteiger partial charge in [-0.3, -0.25) is 9.59 Å².